The van der Waals surface area contributed by atoms with Crippen LogP contribution in [-0.2, 0) is 4.79 Å². The van der Waals surface area contributed by atoms with Crippen LogP contribution in [0.4, 0.5) is 0 Å². The second kappa shape index (κ2) is 8.08. The lowest BCUT2D eigenvalue weighted by Crippen LogP contribution is -2.26. The predicted octanol–water partition coefficient (Wildman–Crippen LogP) is 4.27. The third-order valence-corrected chi connectivity index (χ3v) is 4.18. The highest BCUT2D eigenvalue weighted by atomic mass is 16.2. The number of amides is 1. The van der Waals surface area contributed by atoms with E-state index in [0.29, 0.717) is 5.92 Å². The maximum atomic E-state index is 12.0. The van der Waals surface area contributed by atoms with Crippen molar-refractivity contribution in [3.63, 3.8) is 0 Å². The van der Waals surface area contributed by atoms with Crippen LogP contribution in [0.5, 0.6) is 0 Å². The summed E-state index contributed by atoms with van der Waals surface area (Å²) >= 11 is 0. The van der Waals surface area contributed by atoms with Crippen LogP contribution in [0.25, 0.3) is 0 Å². The predicted molar refractivity (Wildman–Crippen MR) is 83.7 cm³/mol. The van der Waals surface area contributed by atoms with Crippen molar-refractivity contribution in [2.24, 2.45) is 5.92 Å². The van der Waals surface area contributed by atoms with Gasteiger partial charge in [-0.3, -0.25) is 4.79 Å². The minimum atomic E-state index is 0.220. The molecule has 2 atom stereocenters. The summed E-state index contributed by atoms with van der Waals surface area (Å²) in [6, 6.07) is 10.4. The lowest BCUT2D eigenvalue weighted by atomic mass is 10.1. The minimum Gasteiger partial charge on any atom is -0.356 e. The Hall–Kier alpha value is -1.31. The largest absolute Gasteiger partial charge is 0.356 e. The normalized spacial score (nSPS) is 20.6. The molecule has 2 nitrogen and oxygen atoms in total. The molecule has 0 unspecified atom stereocenters. The maximum absolute atomic E-state index is 12.0. The fraction of sp³-hybridized carbons (Fsp3) is 0.611. The van der Waals surface area contributed by atoms with E-state index in [1.807, 2.05) is 6.07 Å². The number of hydrogen-bond donors (Lipinski definition) is 1. The minimum absolute atomic E-state index is 0.220. The highest BCUT2D eigenvalue weighted by Gasteiger charge is 2.43. The Morgan fingerprint density at radius 1 is 1.10 bits per heavy atom. The fourth-order valence-electron chi connectivity index (χ4n) is 2.80. The van der Waals surface area contributed by atoms with Crippen LogP contribution in [0.2, 0.25) is 0 Å². The first-order valence-corrected chi connectivity index (χ1v) is 8.15. The molecule has 0 aromatic heterocycles. The average molecular weight is 273 g/mol. The quantitative estimate of drug-likeness (QED) is 0.669. The molecule has 2 heteroatoms. The van der Waals surface area contributed by atoms with Gasteiger partial charge in [-0.15, -0.1) is 0 Å². The van der Waals surface area contributed by atoms with E-state index in [1.54, 1.807) is 0 Å². The molecule has 0 bridgehead atoms. The van der Waals surface area contributed by atoms with Crippen molar-refractivity contribution in [3.8, 4) is 0 Å². The third kappa shape index (κ3) is 4.66. The smallest absolute Gasteiger partial charge is 0.223 e. The van der Waals surface area contributed by atoms with Crippen LogP contribution >= 0.6 is 0 Å². The van der Waals surface area contributed by atoms with Gasteiger partial charge in [-0.2, -0.15) is 0 Å². The van der Waals surface area contributed by atoms with Crippen LogP contribution in [-0.4, -0.2) is 12.5 Å². The van der Waals surface area contributed by atoms with E-state index in [-0.39, 0.29) is 11.8 Å². The molecule has 110 valence electrons. The second-order valence-corrected chi connectivity index (χ2v) is 5.92. The molecule has 0 saturated heterocycles. The first kappa shape index (κ1) is 15.1. The number of carbonyl (C=O) groups is 1. The zero-order valence-corrected chi connectivity index (χ0v) is 12.6. The Morgan fingerprint density at radius 2 is 1.80 bits per heavy atom. The van der Waals surface area contributed by atoms with E-state index in [4.69, 9.17) is 0 Å². The molecule has 0 heterocycles. The molecule has 1 N–H and O–H groups in total. The number of carbonyl (C=O) groups excluding carboxylic acids is 1. The summed E-state index contributed by atoms with van der Waals surface area (Å²) in [5.74, 6) is 0.936. The molecule has 2 rings (SSSR count). The Kier molecular flexibility index (Phi) is 6.10. The molecule has 0 spiro atoms. The summed E-state index contributed by atoms with van der Waals surface area (Å²) in [4.78, 5) is 12.0. The Balaban J connectivity index is 1.56. The van der Waals surface area contributed by atoms with Crippen molar-refractivity contribution in [2.45, 2.75) is 57.8 Å². The van der Waals surface area contributed by atoms with Gasteiger partial charge in [0.1, 0.15) is 0 Å². The number of unbranched alkanes of at least 4 members (excludes halogenated alkanes) is 5. The van der Waals surface area contributed by atoms with Gasteiger partial charge in [0.2, 0.25) is 5.91 Å². The highest BCUT2D eigenvalue weighted by Crippen LogP contribution is 2.47. The summed E-state index contributed by atoms with van der Waals surface area (Å²) in [7, 11) is 0. The number of rotatable bonds is 9. The summed E-state index contributed by atoms with van der Waals surface area (Å²) in [5, 5.41) is 3.10. The van der Waals surface area contributed by atoms with Crippen LogP contribution in [0.15, 0.2) is 30.3 Å². The SMILES string of the molecule is CCCCCCCCNC(=O)[C@H]1C[C@H]1c1ccccc1. The molecule has 1 aromatic carbocycles. The first-order chi connectivity index (χ1) is 9.83. The Bertz CT molecular complexity index is 401. The maximum Gasteiger partial charge on any atom is 0.223 e. The zero-order valence-electron chi connectivity index (χ0n) is 12.6. The molecule has 20 heavy (non-hydrogen) atoms. The van der Waals surface area contributed by atoms with Gasteiger partial charge < -0.3 is 5.32 Å². The van der Waals surface area contributed by atoms with Gasteiger partial charge in [0.25, 0.3) is 0 Å². The van der Waals surface area contributed by atoms with E-state index in [9.17, 15) is 4.79 Å². The topological polar surface area (TPSA) is 29.1 Å². The van der Waals surface area contributed by atoms with Crippen molar-refractivity contribution in [2.75, 3.05) is 6.54 Å². The number of benzene rings is 1. The van der Waals surface area contributed by atoms with E-state index in [2.05, 4.69) is 36.5 Å². The van der Waals surface area contributed by atoms with Crippen LogP contribution in [0.3, 0.4) is 0 Å². The summed E-state index contributed by atoms with van der Waals surface area (Å²) in [5.41, 5.74) is 1.31. The summed E-state index contributed by atoms with van der Waals surface area (Å²) < 4.78 is 0. The van der Waals surface area contributed by atoms with Crippen LogP contribution < -0.4 is 5.32 Å². The van der Waals surface area contributed by atoms with Crippen molar-refractivity contribution in [1.82, 2.24) is 5.32 Å². The third-order valence-electron chi connectivity index (χ3n) is 4.18. The monoisotopic (exact) mass is 273 g/mol. The van der Waals surface area contributed by atoms with Gasteiger partial charge in [-0.25, -0.2) is 0 Å². The molecule has 1 aliphatic carbocycles. The van der Waals surface area contributed by atoms with E-state index in [1.165, 1.54) is 37.7 Å². The molecular weight excluding hydrogens is 246 g/mol. The van der Waals surface area contributed by atoms with Crippen molar-refractivity contribution < 1.29 is 4.79 Å². The second-order valence-electron chi connectivity index (χ2n) is 5.92. The van der Waals surface area contributed by atoms with E-state index in [0.717, 1.165) is 19.4 Å². The molecule has 1 aromatic rings. The molecule has 0 radical (unpaired) electrons. The number of nitrogens with one attached hydrogen (secondary N) is 1. The van der Waals surface area contributed by atoms with Crippen LogP contribution in [0.1, 0.15) is 63.4 Å². The van der Waals surface area contributed by atoms with Crippen LogP contribution in [0, 0.1) is 5.92 Å². The van der Waals surface area contributed by atoms with Gasteiger partial charge in [0.15, 0.2) is 0 Å². The molecule has 1 fully saturated rings. The van der Waals surface area contributed by atoms with Gasteiger partial charge in [-0.1, -0.05) is 69.4 Å². The van der Waals surface area contributed by atoms with Gasteiger partial charge in [0.05, 0.1) is 0 Å². The van der Waals surface area contributed by atoms with Crippen molar-refractivity contribution in [3.05, 3.63) is 35.9 Å². The standard InChI is InChI=1S/C18H27NO/c1-2-3-4-5-6-10-13-19-18(20)17-14-16(17)15-11-8-7-9-12-15/h7-9,11-12,16-17H,2-6,10,13-14H2,1H3,(H,19,20)/t16-,17-/m0/s1. The molecule has 1 aliphatic rings. The van der Waals surface area contributed by atoms with Crippen molar-refractivity contribution >= 4 is 5.91 Å². The summed E-state index contributed by atoms with van der Waals surface area (Å²) in [6.45, 7) is 3.09. The number of hydrogen-bond acceptors (Lipinski definition) is 1. The van der Waals surface area contributed by atoms with Gasteiger partial charge >= 0.3 is 0 Å². The molecule has 1 amide bonds. The average Bonchev–Trinajstić information content (AvgIpc) is 3.27. The van der Waals surface area contributed by atoms with Gasteiger partial charge in [0, 0.05) is 12.5 Å². The Labute approximate surface area is 123 Å². The lowest BCUT2D eigenvalue weighted by Gasteiger charge is -2.05. The van der Waals surface area contributed by atoms with Gasteiger partial charge in [-0.05, 0) is 24.3 Å². The highest BCUT2D eigenvalue weighted by molar-refractivity contribution is 5.82. The lowest BCUT2D eigenvalue weighted by molar-refractivity contribution is -0.122. The van der Waals surface area contributed by atoms with E-state index >= 15 is 0 Å². The van der Waals surface area contributed by atoms with E-state index < -0.39 is 0 Å². The Morgan fingerprint density at radius 3 is 2.55 bits per heavy atom. The molecule has 0 aliphatic heterocycles. The first-order valence-electron chi connectivity index (χ1n) is 8.15. The fourth-order valence-corrected chi connectivity index (χ4v) is 2.80. The molecule has 1 saturated carbocycles. The summed E-state index contributed by atoms with van der Waals surface area (Å²) in [6.07, 6.45) is 8.66. The molecular formula is C18H27NO. The van der Waals surface area contributed by atoms with Crippen molar-refractivity contribution in [1.29, 1.82) is 0 Å². The zero-order chi connectivity index (χ0) is 14.2.